The lowest BCUT2D eigenvalue weighted by molar-refractivity contribution is -0.360. The fraction of sp³-hybridized carbons (Fsp3) is 1.00. The average molecular weight is 166 g/mol. The number of nitrogens with two attached hydrogens (primary N) is 1. The maximum atomic E-state index is 8.71. The van der Waals surface area contributed by atoms with Gasteiger partial charge in [0.1, 0.15) is 0 Å². The second-order valence-electron chi connectivity index (χ2n) is 2.19. The van der Waals surface area contributed by atoms with E-state index in [9.17, 15) is 0 Å². The van der Waals surface area contributed by atoms with Crippen molar-refractivity contribution in [3.05, 3.63) is 0 Å². The van der Waals surface area contributed by atoms with Gasteiger partial charge in [0.25, 0.3) is 0 Å². The topological polar surface area (TPSA) is 119 Å². The summed E-state index contributed by atoms with van der Waals surface area (Å²) < 4.78 is 0. The van der Waals surface area contributed by atoms with Crippen LogP contribution in [0.25, 0.3) is 0 Å². The third-order valence-electron chi connectivity index (χ3n) is 1.09. The Kier molecular flexibility index (Phi) is 4.50. The molecule has 0 spiro atoms. The Morgan fingerprint density at radius 2 is 1.91 bits per heavy atom. The largest absolute Gasteiger partial charge is 0.371 e. The van der Waals surface area contributed by atoms with Gasteiger partial charge in [-0.1, -0.05) is 0 Å². The molecule has 0 aliphatic rings. The molecular formula is C5H14N2O4. The van der Waals surface area contributed by atoms with Crippen molar-refractivity contribution < 1.29 is 20.4 Å². The van der Waals surface area contributed by atoms with E-state index < -0.39 is 12.2 Å². The SMILES string of the molecule is NCCCNC(O)C(O)(O)O. The summed E-state index contributed by atoms with van der Waals surface area (Å²) in [4.78, 5) is 0. The first-order chi connectivity index (χ1) is 4.98. The van der Waals surface area contributed by atoms with Crippen LogP contribution in [0.1, 0.15) is 6.42 Å². The highest BCUT2D eigenvalue weighted by molar-refractivity contribution is 4.60. The third kappa shape index (κ3) is 5.08. The molecule has 0 aliphatic carbocycles. The molecule has 1 unspecified atom stereocenters. The Morgan fingerprint density at radius 3 is 2.27 bits per heavy atom. The van der Waals surface area contributed by atoms with E-state index in [1.165, 1.54) is 0 Å². The standard InChI is InChI=1S/C5H14N2O4/c6-2-1-3-7-4(8)5(9,10)11/h4,7-11H,1-3,6H2. The van der Waals surface area contributed by atoms with Crippen molar-refractivity contribution in [2.24, 2.45) is 5.73 Å². The maximum absolute atomic E-state index is 8.71. The monoisotopic (exact) mass is 166 g/mol. The minimum atomic E-state index is -3.09. The lowest BCUT2D eigenvalue weighted by Gasteiger charge is -2.21. The van der Waals surface area contributed by atoms with Gasteiger partial charge >= 0.3 is 5.97 Å². The lowest BCUT2D eigenvalue weighted by atomic mass is 10.4. The van der Waals surface area contributed by atoms with Gasteiger partial charge in [0.05, 0.1) is 0 Å². The highest BCUT2D eigenvalue weighted by Gasteiger charge is 2.29. The molecule has 0 rings (SSSR count). The second kappa shape index (κ2) is 4.60. The molecular weight excluding hydrogens is 152 g/mol. The van der Waals surface area contributed by atoms with Gasteiger partial charge in [-0.3, -0.25) is 5.32 Å². The molecule has 0 saturated carbocycles. The third-order valence-corrected chi connectivity index (χ3v) is 1.09. The van der Waals surface area contributed by atoms with Crippen LogP contribution in [0, 0.1) is 0 Å². The normalized spacial score (nSPS) is 15.0. The van der Waals surface area contributed by atoms with Crippen molar-refractivity contribution in [1.82, 2.24) is 5.32 Å². The van der Waals surface area contributed by atoms with Gasteiger partial charge in [-0.05, 0) is 19.5 Å². The Bertz CT molecular complexity index is 103. The van der Waals surface area contributed by atoms with E-state index in [0.29, 0.717) is 19.5 Å². The smallest absolute Gasteiger partial charge is 0.317 e. The van der Waals surface area contributed by atoms with Crippen LogP contribution in [0.3, 0.4) is 0 Å². The van der Waals surface area contributed by atoms with E-state index in [1.807, 2.05) is 0 Å². The van der Waals surface area contributed by atoms with Crippen molar-refractivity contribution in [3.8, 4) is 0 Å². The maximum Gasteiger partial charge on any atom is 0.317 e. The first-order valence-electron chi connectivity index (χ1n) is 3.27. The summed E-state index contributed by atoms with van der Waals surface area (Å²) in [7, 11) is 0. The van der Waals surface area contributed by atoms with Gasteiger partial charge in [-0.15, -0.1) is 0 Å². The van der Waals surface area contributed by atoms with Gasteiger partial charge in [0.2, 0.25) is 0 Å². The molecule has 0 fully saturated rings. The molecule has 0 amide bonds. The molecule has 7 N–H and O–H groups in total. The van der Waals surface area contributed by atoms with Crippen molar-refractivity contribution >= 4 is 0 Å². The zero-order valence-corrected chi connectivity index (χ0v) is 6.06. The number of hydrogen-bond donors (Lipinski definition) is 6. The molecule has 11 heavy (non-hydrogen) atoms. The molecule has 0 aliphatic heterocycles. The number of nitrogens with one attached hydrogen (secondary N) is 1. The number of hydrogen-bond acceptors (Lipinski definition) is 6. The average Bonchev–Trinajstić information content (AvgIpc) is 1.86. The van der Waals surface area contributed by atoms with E-state index in [1.54, 1.807) is 0 Å². The molecule has 0 bridgehead atoms. The summed E-state index contributed by atoms with van der Waals surface area (Å²) in [5.74, 6) is -3.09. The molecule has 1 atom stereocenters. The zero-order chi connectivity index (χ0) is 8.91. The van der Waals surface area contributed by atoms with Gasteiger partial charge in [0.15, 0.2) is 6.23 Å². The van der Waals surface area contributed by atoms with E-state index in [4.69, 9.17) is 26.2 Å². The predicted octanol–water partition coefficient (Wildman–Crippen LogP) is -3.13. The summed E-state index contributed by atoms with van der Waals surface area (Å²) in [5.41, 5.74) is 5.11. The van der Waals surface area contributed by atoms with Crippen LogP contribution in [0.4, 0.5) is 0 Å². The summed E-state index contributed by atoms with van der Waals surface area (Å²) in [6.07, 6.45) is -1.19. The highest BCUT2D eigenvalue weighted by atomic mass is 16.7. The highest BCUT2D eigenvalue weighted by Crippen LogP contribution is 1.96. The number of rotatable bonds is 5. The zero-order valence-electron chi connectivity index (χ0n) is 6.06. The fourth-order valence-electron chi connectivity index (χ4n) is 0.478. The van der Waals surface area contributed by atoms with E-state index in [0.717, 1.165) is 0 Å². The van der Waals surface area contributed by atoms with Gasteiger partial charge in [-0.2, -0.15) is 0 Å². The van der Waals surface area contributed by atoms with Crippen LogP contribution in [0.2, 0.25) is 0 Å². The van der Waals surface area contributed by atoms with Crippen LogP contribution in [-0.2, 0) is 0 Å². The summed E-state index contributed by atoms with van der Waals surface area (Å²) in [5, 5.41) is 36.0. The number of aliphatic hydroxyl groups is 4. The Labute approximate surface area is 64.3 Å². The van der Waals surface area contributed by atoms with Crippen LogP contribution >= 0.6 is 0 Å². The Hall–Kier alpha value is -0.240. The van der Waals surface area contributed by atoms with E-state index >= 15 is 0 Å². The molecule has 0 aromatic heterocycles. The van der Waals surface area contributed by atoms with Crippen molar-refractivity contribution in [2.45, 2.75) is 18.6 Å². The summed E-state index contributed by atoms with van der Waals surface area (Å²) >= 11 is 0. The molecule has 6 nitrogen and oxygen atoms in total. The molecule has 0 radical (unpaired) electrons. The van der Waals surface area contributed by atoms with E-state index in [-0.39, 0.29) is 0 Å². The Morgan fingerprint density at radius 1 is 1.36 bits per heavy atom. The van der Waals surface area contributed by atoms with Gasteiger partial charge in [-0.25, -0.2) is 0 Å². The number of aliphatic hydroxyl groups excluding tert-OH is 1. The van der Waals surface area contributed by atoms with Crippen molar-refractivity contribution in [1.29, 1.82) is 0 Å². The molecule has 0 saturated heterocycles. The van der Waals surface area contributed by atoms with Crippen LogP contribution < -0.4 is 11.1 Å². The van der Waals surface area contributed by atoms with Gasteiger partial charge in [0, 0.05) is 0 Å². The molecule has 0 aromatic rings. The van der Waals surface area contributed by atoms with E-state index in [2.05, 4.69) is 5.32 Å². The van der Waals surface area contributed by atoms with Crippen LogP contribution in [0.15, 0.2) is 0 Å². The van der Waals surface area contributed by atoms with Gasteiger partial charge < -0.3 is 26.2 Å². The molecule has 68 valence electrons. The molecule has 6 heteroatoms. The molecule has 0 heterocycles. The second-order valence-corrected chi connectivity index (χ2v) is 2.19. The van der Waals surface area contributed by atoms with Crippen LogP contribution in [0.5, 0.6) is 0 Å². The predicted molar refractivity (Wildman–Crippen MR) is 37.1 cm³/mol. The quantitative estimate of drug-likeness (QED) is 0.190. The summed E-state index contributed by atoms with van der Waals surface area (Å²) in [6, 6.07) is 0. The summed E-state index contributed by atoms with van der Waals surface area (Å²) in [6.45, 7) is 0.732. The Balaban J connectivity index is 3.44. The lowest BCUT2D eigenvalue weighted by Crippen LogP contribution is -2.51. The first kappa shape index (κ1) is 10.8. The molecule has 0 aromatic carbocycles. The van der Waals surface area contributed by atoms with Crippen molar-refractivity contribution in [2.75, 3.05) is 13.1 Å². The minimum absolute atomic E-state index is 0.307. The van der Waals surface area contributed by atoms with Crippen molar-refractivity contribution in [3.63, 3.8) is 0 Å². The van der Waals surface area contributed by atoms with Crippen LogP contribution in [-0.4, -0.2) is 45.7 Å². The minimum Gasteiger partial charge on any atom is -0.371 e. The first-order valence-corrected chi connectivity index (χ1v) is 3.27. The fourth-order valence-corrected chi connectivity index (χ4v) is 0.478.